The molecule has 0 spiro atoms. The van der Waals surface area contributed by atoms with Crippen LogP contribution in [-0.4, -0.2) is 46.9 Å². The normalized spacial score (nSPS) is 21.1. The lowest BCUT2D eigenvalue weighted by atomic mass is 9.86. The average molecular weight is 361 g/mol. The Morgan fingerprint density at radius 1 is 1.38 bits per heavy atom. The Hall–Kier alpha value is -1.70. The molecule has 1 aliphatic rings. The van der Waals surface area contributed by atoms with Crippen molar-refractivity contribution in [2.24, 2.45) is 5.41 Å². The van der Waals surface area contributed by atoms with E-state index in [1.165, 1.54) is 11.8 Å². The summed E-state index contributed by atoms with van der Waals surface area (Å²) in [5.41, 5.74) is -0.719. The van der Waals surface area contributed by atoms with Gasteiger partial charge in [0, 0.05) is 18.8 Å². The minimum Gasteiger partial charge on any atom is -0.481 e. The molecule has 0 bridgehead atoms. The highest BCUT2D eigenvalue weighted by Crippen LogP contribution is 2.45. The second kappa shape index (κ2) is 7.04. The van der Waals surface area contributed by atoms with E-state index in [-0.39, 0.29) is 12.3 Å². The first-order chi connectivity index (χ1) is 11.2. The highest BCUT2D eigenvalue weighted by Gasteiger charge is 2.64. The van der Waals surface area contributed by atoms with Crippen LogP contribution in [0, 0.1) is 12.3 Å². The van der Waals surface area contributed by atoms with Crippen molar-refractivity contribution in [3.05, 3.63) is 35.4 Å². The van der Waals surface area contributed by atoms with Crippen LogP contribution in [0.4, 0.5) is 13.2 Å². The Morgan fingerprint density at radius 3 is 2.62 bits per heavy atom. The number of halogens is 3. The van der Waals surface area contributed by atoms with Gasteiger partial charge in [0.2, 0.25) is 5.91 Å². The summed E-state index contributed by atoms with van der Waals surface area (Å²) in [5, 5.41) is 8.99. The van der Waals surface area contributed by atoms with Crippen LogP contribution in [0.3, 0.4) is 0 Å². The van der Waals surface area contributed by atoms with E-state index in [9.17, 15) is 22.8 Å². The number of aliphatic carboxylic acids is 1. The number of hydrogen-bond donors (Lipinski definition) is 1. The predicted octanol–water partition coefficient (Wildman–Crippen LogP) is 3.09. The van der Waals surface area contributed by atoms with Gasteiger partial charge in [-0.3, -0.25) is 9.59 Å². The smallest absolute Gasteiger partial charge is 0.406 e. The quantitative estimate of drug-likeness (QED) is 0.876. The van der Waals surface area contributed by atoms with Crippen LogP contribution in [0.5, 0.6) is 0 Å². The summed E-state index contributed by atoms with van der Waals surface area (Å²) < 4.78 is 39.3. The van der Waals surface area contributed by atoms with Gasteiger partial charge in [-0.1, -0.05) is 29.8 Å². The molecule has 0 saturated carbocycles. The zero-order chi connectivity index (χ0) is 18.0. The number of aryl methyl sites for hydroxylation is 1. The van der Waals surface area contributed by atoms with E-state index < -0.39 is 36.4 Å². The van der Waals surface area contributed by atoms with Crippen molar-refractivity contribution in [1.82, 2.24) is 4.90 Å². The van der Waals surface area contributed by atoms with Crippen molar-refractivity contribution in [2.75, 3.05) is 18.8 Å². The highest BCUT2D eigenvalue weighted by molar-refractivity contribution is 7.99. The van der Waals surface area contributed by atoms with Crippen LogP contribution in [0.1, 0.15) is 17.5 Å². The third-order valence-corrected chi connectivity index (χ3v) is 5.14. The lowest BCUT2D eigenvalue weighted by molar-refractivity contribution is -0.227. The third-order valence-electron chi connectivity index (χ3n) is 4.15. The molecular weight excluding hydrogens is 343 g/mol. The fraction of sp³-hybridized carbons (Fsp3) is 0.500. The molecule has 1 heterocycles. The molecule has 1 saturated heterocycles. The van der Waals surface area contributed by atoms with Crippen molar-refractivity contribution in [1.29, 1.82) is 0 Å². The summed E-state index contributed by atoms with van der Waals surface area (Å²) in [7, 11) is 0. The first-order valence-corrected chi connectivity index (χ1v) is 8.52. The molecule has 1 aromatic carbocycles. The Morgan fingerprint density at radius 2 is 2.08 bits per heavy atom. The van der Waals surface area contributed by atoms with E-state index in [4.69, 9.17) is 5.11 Å². The van der Waals surface area contributed by atoms with Crippen molar-refractivity contribution >= 4 is 23.6 Å². The molecule has 0 radical (unpaired) electrons. The number of thioether (sulfide) groups is 1. The molecule has 1 fully saturated rings. The molecule has 4 nitrogen and oxygen atoms in total. The second-order valence-corrected chi connectivity index (χ2v) is 6.92. The van der Waals surface area contributed by atoms with Crippen molar-refractivity contribution in [3.8, 4) is 0 Å². The van der Waals surface area contributed by atoms with E-state index in [0.29, 0.717) is 5.75 Å². The number of nitrogens with zero attached hydrogens (tertiary/aromatic N) is 1. The summed E-state index contributed by atoms with van der Waals surface area (Å²) in [6, 6.07) is 7.75. The SMILES string of the molecule is Cc1cccc(CSCC(=O)N2CCC(C(=O)O)(C(F)(F)F)C2)c1. The lowest BCUT2D eigenvalue weighted by Crippen LogP contribution is -2.48. The molecule has 0 aromatic heterocycles. The van der Waals surface area contributed by atoms with Crippen molar-refractivity contribution < 1.29 is 27.9 Å². The van der Waals surface area contributed by atoms with Crippen LogP contribution < -0.4 is 0 Å². The number of amides is 1. The predicted molar refractivity (Wildman–Crippen MR) is 84.7 cm³/mol. The van der Waals surface area contributed by atoms with Gasteiger partial charge in [0.25, 0.3) is 0 Å². The van der Waals surface area contributed by atoms with Crippen LogP contribution in [0.2, 0.25) is 0 Å². The standard InChI is InChI=1S/C16H18F3NO3S/c1-11-3-2-4-12(7-11)8-24-9-13(21)20-6-5-15(10-20,14(22)23)16(17,18)19/h2-4,7H,5-6,8-10H2,1H3,(H,22,23). The zero-order valence-corrected chi connectivity index (χ0v) is 13.9. The molecule has 8 heteroatoms. The number of carboxylic acid groups (broad SMARTS) is 1. The van der Waals surface area contributed by atoms with E-state index >= 15 is 0 Å². The summed E-state index contributed by atoms with van der Waals surface area (Å²) in [6.07, 6.45) is -5.47. The van der Waals surface area contributed by atoms with Gasteiger partial charge in [-0.15, -0.1) is 11.8 Å². The fourth-order valence-electron chi connectivity index (χ4n) is 2.70. The molecule has 1 aliphatic heterocycles. The first-order valence-electron chi connectivity index (χ1n) is 7.37. The van der Waals surface area contributed by atoms with Gasteiger partial charge in [0.15, 0.2) is 5.41 Å². The minimum atomic E-state index is -4.87. The summed E-state index contributed by atoms with van der Waals surface area (Å²) in [5.74, 6) is -1.77. The molecule has 1 amide bonds. The van der Waals surface area contributed by atoms with E-state index in [0.717, 1.165) is 16.0 Å². The van der Waals surface area contributed by atoms with Gasteiger partial charge in [-0.25, -0.2) is 0 Å². The molecule has 132 valence electrons. The Kier molecular flexibility index (Phi) is 5.47. The number of carbonyl (C=O) groups is 2. The second-order valence-electron chi connectivity index (χ2n) is 5.93. The molecule has 1 aromatic rings. The third kappa shape index (κ3) is 3.85. The van der Waals surface area contributed by atoms with Gasteiger partial charge in [-0.2, -0.15) is 13.2 Å². The molecule has 0 aliphatic carbocycles. The average Bonchev–Trinajstić information content (AvgIpc) is 2.93. The van der Waals surface area contributed by atoms with Gasteiger partial charge in [0.1, 0.15) is 0 Å². The number of carboxylic acids is 1. The topological polar surface area (TPSA) is 57.6 Å². The largest absolute Gasteiger partial charge is 0.481 e. The van der Waals surface area contributed by atoms with Crippen molar-refractivity contribution in [2.45, 2.75) is 25.3 Å². The number of rotatable bonds is 5. The molecule has 1 N–H and O–H groups in total. The Bertz CT molecular complexity index is 635. The Labute approximate surface area is 142 Å². The maximum atomic E-state index is 13.1. The minimum absolute atomic E-state index is 0.0293. The van der Waals surface area contributed by atoms with Crippen LogP contribution in [0.25, 0.3) is 0 Å². The number of likely N-dealkylation sites (tertiary alicyclic amines) is 1. The number of benzene rings is 1. The summed E-state index contributed by atoms with van der Waals surface area (Å²) >= 11 is 1.31. The number of alkyl halides is 3. The number of hydrogen-bond acceptors (Lipinski definition) is 3. The van der Waals surface area contributed by atoms with Crippen LogP contribution in [0.15, 0.2) is 24.3 Å². The van der Waals surface area contributed by atoms with E-state index in [1.54, 1.807) is 0 Å². The van der Waals surface area contributed by atoms with Gasteiger partial charge >= 0.3 is 12.1 Å². The fourth-order valence-corrected chi connectivity index (χ4v) is 3.57. The summed E-state index contributed by atoms with van der Waals surface area (Å²) in [4.78, 5) is 24.2. The monoisotopic (exact) mass is 361 g/mol. The summed E-state index contributed by atoms with van der Waals surface area (Å²) in [6.45, 7) is 0.956. The maximum absolute atomic E-state index is 13.1. The van der Waals surface area contributed by atoms with E-state index in [1.807, 2.05) is 31.2 Å². The maximum Gasteiger partial charge on any atom is 0.406 e. The number of carbonyl (C=O) groups excluding carboxylic acids is 1. The van der Waals surface area contributed by atoms with Crippen LogP contribution >= 0.6 is 11.8 Å². The van der Waals surface area contributed by atoms with E-state index in [2.05, 4.69) is 0 Å². The molecule has 24 heavy (non-hydrogen) atoms. The van der Waals surface area contributed by atoms with Gasteiger partial charge < -0.3 is 10.0 Å². The zero-order valence-electron chi connectivity index (χ0n) is 13.1. The first kappa shape index (κ1) is 18.6. The van der Waals surface area contributed by atoms with Gasteiger partial charge in [-0.05, 0) is 18.9 Å². The molecule has 2 rings (SSSR count). The highest BCUT2D eigenvalue weighted by atomic mass is 32.2. The molecule has 1 unspecified atom stereocenters. The van der Waals surface area contributed by atoms with Crippen LogP contribution in [-0.2, 0) is 15.3 Å². The molecule has 1 atom stereocenters. The lowest BCUT2D eigenvalue weighted by Gasteiger charge is -2.27. The van der Waals surface area contributed by atoms with Crippen molar-refractivity contribution in [3.63, 3.8) is 0 Å². The molecular formula is C16H18F3NO3S. The Balaban J connectivity index is 1.91. The van der Waals surface area contributed by atoms with Gasteiger partial charge in [0.05, 0.1) is 5.75 Å².